The van der Waals surface area contributed by atoms with Crippen LogP contribution in [0.4, 0.5) is 5.69 Å². The predicted molar refractivity (Wildman–Crippen MR) is 170 cm³/mol. The second-order valence-corrected chi connectivity index (χ2v) is 13.4. The highest BCUT2D eigenvalue weighted by Gasteiger charge is 2.61. The Morgan fingerprint density at radius 2 is 1.83 bits per heavy atom. The first kappa shape index (κ1) is 30.6. The van der Waals surface area contributed by atoms with Gasteiger partial charge in [0, 0.05) is 17.7 Å². The molecule has 48 heavy (non-hydrogen) atoms. The maximum absolute atomic E-state index is 14.0. The number of nitrogens with one attached hydrogen (secondary N) is 3. The van der Waals surface area contributed by atoms with Gasteiger partial charge in [-0.25, -0.2) is 9.97 Å². The van der Waals surface area contributed by atoms with Crippen LogP contribution in [0.15, 0.2) is 57.6 Å². The van der Waals surface area contributed by atoms with E-state index < -0.39 is 47.9 Å². The zero-order valence-corrected chi connectivity index (χ0v) is 27.0. The SMILES string of the molecule is CC(C)C1NC(=O)C(NC(=O)[C@@H](O)C(C)C)Cc2ccc3c(c2)C2(c4ccccc4NC2O3)c2oc1nc2-c1nc(C2OCCO2)co1. The van der Waals surface area contributed by atoms with Gasteiger partial charge in [-0.2, -0.15) is 0 Å². The molecule has 2 aromatic carbocycles. The minimum absolute atomic E-state index is 0.167. The van der Waals surface area contributed by atoms with Crippen LogP contribution in [0.1, 0.15) is 74.1 Å². The molecule has 0 aliphatic carbocycles. The maximum Gasteiger partial charge on any atom is 0.249 e. The van der Waals surface area contributed by atoms with Gasteiger partial charge in [0.2, 0.25) is 29.9 Å². The van der Waals surface area contributed by atoms with Crippen LogP contribution in [-0.4, -0.2) is 58.5 Å². The van der Waals surface area contributed by atoms with Crippen molar-refractivity contribution >= 4 is 17.5 Å². The molecule has 5 atom stereocenters. The molecule has 0 radical (unpaired) electrons. The van der Waals surface area contributed by atoms with Crippen molar-refractivity contribution in [3.63, 3.8) is 0 Å². The zero-order valence-electron chi connectivity index (χ0n) is 27.0. The summed E-state index contributed by atoms with van der Waals surface area (Å²) in [6, 6.07) is 12.0. The first-order valence-electron chi connectivity index (χ1n) is 16.3. The number of rotatable bonds is 6. The summed E-state index contributed by atoms with van der Waals surface area (Å²) in [5.41, 5.74) is 3.15. The van der Waals surface area contributed by atoms with Gasteiger partial charge >= 0.3 is 0 Å². The minimum atomic E-state index is -1.28. The summed E-state index contributed by atoms with van der Waals surface area (Å²) in [5, 5.41) is 19.9. The number of nitrogens with zero attached hydrogens (tertiary/aromatic N) is 2. The van der Waals surface area contributed by atoms with E-state index in [-0.39, 0.29) is 30.0 Å². The Balaban J connectivity index is 1.35. The molecular formula is C35H37N5O8. The number of hydrogen-bond acceptors (Lipinski definition) is 11. The smallest absolute Gasteiger partial charge is 0.249 e. The van der Waals surface area contributed by atoms with Gasteiger partial charge in [0.05, 0.1) is 13.2 Å². The summed E-state index contributed by atoms with van der Waals surface area (Å²) in [5.74, 6) is -0.0479. The number of carbonyl (C=O) groups is 2. The van der Waals surface area contributed by atoms with E-state index in [1.54, 1.807) is 13.8 Å². The highest BCUT2D eigenvalue weighted by molar-refractivity contribution is 5.90. The van der Waals surface area contributed by atoms with Gasteiger partial charge in [0.25, 0.3) is 0 Å². The van der Waals surface area contributed by atoms with Crippen LogP contribution in [0, 0.1) is 11.8 Å². The molecule has 4 unspecified atom stereocenters. The number of aliphatic hydroxyl groups is 1. The van der Waals surface area contributed by atoms with Crippen molar-refractivity contribution in [2.45, 2.75) is 70.2 Å². The normalized spacial score (nSPS) is 25.1. The van der Waals surface area contributed by atoms with Crippen LogP contribution >= 0.6 is 0 Å². The lowest BCUT2D eigenvalue weighted by Gasteiger charge is -2.29. The average Bonchev–Trinajstić information content (AvgIpc) is 3.89. The third-order valence-electron chi connectivity index (χ3n) is 9.54. The number of benzene rings is 2. The standard InChI is InChI=1S/C35H37N5O8/c1-16(2)25-32-40-26(31-37-23(15-46-31)33-44-11-12-45-33)28(48-32)35-19-7-5-6-8-21(19)38-34(35)47-24-10-9-18(13-20(24)35)14-22(29(42)39-25)36-30(43)27(41)17(3)4/h5-10,13,15-17,22,25,27,33-34,38,41H,11-12,14H2,1-4H3,(H,36,43)(H,39,42)/t22?,25?,27-,34?,35?/m0/s1. The van der Waals surface area contributed by atoms with Gasteiger partial charge in [0.15, 0.2) is 17.7 Å². The number of aliphatic hydroxyl groups excluding tert-OH is 1. The number of ether oxygens (including phenoxy) is 3. The Morgan fingerprint density at radius 1 is 1.04 bits per heavy atom. The van der Waals surface area contributed by atoms with Gasteiger partial charge in [-0.1, -0.05) is 58.0 Å². The topological polar surface area (TPSA) is 170 Å². The van der Waals surface area contributed by atoms with Gasteiger partial charge in [-0.3, -0.25) is 9.59 Å². The third-order valence-corrected chi connectivity index (χ3v) is 9.54. The average molecular weight is 656 g/mol. The Hall–Kier alpha value is -4.72. The third kappa shape index (κ3) is 4.71. The van der Waals surface area contributed by atoms with Crippen LogP contribution in [-0.2, 0) is 30.9 Å². The van der Waals surface area contributed by atoms with Crippen LogP contribution in [0.5, 0.6) is 5.75 Å². The summed E-state index contributed by atoms with van der Waals surface area (Å²) in [6.45, 7) is 8.27. The Kier molecular flexibility index (Phi) is 7.31. The molecule has 4 N–H and O–H groups in total. The number of oxazole rings is 2. The molecule has 4 aliphatic rings. The van der Waals surface area contributed by atoms with E-state index >= 15 is 0 Å². The number of aromatic nitrogens is 2. The molecule has 4 bridgehead atoms. The second-order valence-electron chi connectivity index (χ2n) is 13.4. The number of para-hydroxylation sites is 1. The Morgan fingerprint density at radius 3 is 2.60 bits per heavy atom. The molecule has 1 saturated heterocycles. The summed E-state index contributed by atoms with van der Waals surface area (Å²) in [4.78, 5) is 36.8. The van der Waals surface area contributed by atoms with Crippen LogP contribution in [0.2, 0.25) is 0 Å². The fourth-order valence-electron chi connectivity index (χ4n) is 7.04. The first-order chi connectivity index (χ1) is 23.1. The molecule has 0 saturated carbocycles. The van der Waals surface area contributed by atoms with E-state index in [0.717, 1.165) is 22.4 Å². The maximum atomic E-state index is 14.0. The van der Waals surface area contributed by atoms with Crippen LogP contribution < -0.4 is 20.7 Å². The molecule has 1 fully saturated rings. The summed E-state index contributed by atoms with van der Waals surface area (Å²) < 4.78 is 30.8. The van der Waals surface area contributed by atoms with Gasteiger partial charge in [-0.05, 0) is 35.1 Å². The van der Waals surface area contributed by atoms with Crippen molar-refractivity contribution in [3.8, 4) is 17.3 Å². The number of carbonyl (C=O) groups excluding carboxylic acids is 2. The van der Waals surface area contributed by atoms with Gasteiger partial charge in [-0.15, -0.1) is 0 Å². The molecule has 2 amide bonds. The number of hydrogen-bond donors (Lipinski definition) is 4. The van der Waals surface area contributed by atoms with E-state index in [9.17, 15) is 14.7 Å². The lowest BCUT2D eigenvalue weighted by Crippen LogP contribution is -2.52. The molecular weight excluding hydrogens is 618 g/mol. The van der Waals surface area contributed by atoms with Crippen molar-refractivity contribution in [1.82, 2.24) is 20.6 Å². The lowest BCUT2D eigenvalue weighted by molar-refractivity contribution is -0.135. The largest absolute Gasteiger partial charge is 0.469 e. The monoisotopic (exact) mass is 655 g/mol. The van der Waals surface area contributed by atoms with Crippen molar-refractivity contribution in [2.75, 3.05) is 18.5 Å². The minimum Gasteiger partial charge on any atom is -0.469 e. The number of anilines is 1. The van der Waals surface area contributed by atoms with Gasteiger partial charge in [0.1, 0.15) is 41.3 Å². The van der Waals surface area contributed by atoms with E-state index in [0.29, 0.717) is 36.1 Å². The zero-order chi connectivity index (χ0) is 33.3. The van der Waals surface area contributed by atoms with Crippen molar-refractivity contribution in [3.05, 3.63) is 82.8 Å². The first-order valence-corrected chi connectivity index (χ1v) is 16.3. The molecule has 2 aromatic heterocycles. The molecule has 13 nitrogen and oxygen atoms in total. The quantitative estimate of drug-likeness (QED) is 0.239. The Bertz CT molecular complexity index is 1890. The summed E-state index contributed by atoms with van der Waals surface area (Å²) in [7, 11) is 0. The number of amides is 2. The van der Waals surface area contributed by atoms with Crippen molar-refractivity contribution in [1.29, 1.82) is 0 Å². The van der Waals surface area contributed by atoms with E-state index in [1.165, 1.54) is 6.26 Å². The van der Waals surface area contributed by atoms with Crippen molar-refractivity contribution in [2.24, 2.45) is 11.8 Å². The predicted octanol–water partition coefficient (Wildman–Crippen LogP) is 3.72. The molecule has 8 rings (SSSR count). The summed E-state index contributed by atoms with van der Waals surface area (Å²) in [6.07, 6.45) is -0.886. The Labute approximate surface area is 276 Å². The van der Waals surface area contributed by atoms with E-state index in [4.69, 9.17) is 33.0 Å². The fourth-order valence-corrected chi connectivity index (χ4v) is 7.04. The number of fused-ring (bicyclic) bond motifs is 4. The second kappa shape index (κ2) is 11.5. The summed E-state index contributed by atoms with van der Waals surface area (Å²) >= 11 is 0. The van der Waals surface area contributed by atoms with Gasteiger partial charge < -0.3 is 44.1 Å². The van der Waals surface area contributed by atoms with Crippen LogP contribution in [0.3, 0.4) is 0 Å². The highest BCUT2D eigenvalue weighted by atomic mass is 16.7. The lowest BCUT2D eigenvalue weighted by atomic mass is 9.72. The molecule has 1 spiro atoms. The molecule has 6 heterocycles. The fraction of sp³-hybridized carbons (Fsp3) is 0.429. The van der Waals surface area contributed by atoms with E-state index in [2.05, 4.69) is 16.0 Å². The molecule has 13 heteroatoms. The van der Waals surface area contributed by atoms with E-state index in [1.807, 2.05) is 56.3 Å². The molecule has 4 aromatic rings. The molecule has 250 valence electrons. The van der Waals surface area contributed by atoms with Crippen molar-refractivity contribution < 1.29 is 37.7 Å². The van der Waals surface area contributed by atoms with Crippen LogP contribution in [0.25, 0.3) is 11.6 Å². The highest BCUT2D eigenvalue weighted by Crippen LogP contribution is 2.59. The molecule has 4 aliphatic heterocycles.